The largest absolute Gasteiger partial charge is 0.343 e. The van der Waals surface area contributed by atoms with Gasteiger partial charge in [0.15, 0.2) is 0 Å². The number of rotatable bonds is 4. The van der Waals surface area contributed by atoms with Crippen molar-refractivity contribution in [2.75, 3.05) is 19.6 Å². The van der Waals surface area contributed by atoms with E-state index in [0.717, 1.165) is 4.90 Å². The van der Waals surface area contributed by atoms with E-state index in [1.165, 1.54) is 4.90 Å². The van der Waals surface area contributed by atoms with E-state index in [1.54, 1.807) is 30.3 Å². The van der Waals surface area contributed by atoms with Crippen LogP contribution in [0.2, 0.25) is 0 Å². The zero-order valence-corrected chi connectivity index (χ0v) is 16.1. The van der Waals surface area contributed by atoms with Gasteiger partial charge in [-0.05, 0) is 18.6 Å². The minimum atomic E-state index is -1.03. The topological polar surface area (TPSA) is 133 Å². The fourth-order valence-electron chi connectivity index (χ4n) is 4.13. The fraction of sp³-hybridized carbons (Fsp3) is 0.400. The SMILES string of the molecule is O=C1CCC(N2C(=O)CC3(CN(C(=O)CNC(=O)c4ccccc4)C3)C2=O)C(=O)N1. The van der Waals surface area contributed by atoms with Crippen molar-refractivity contribution in [2.24, 2.45) is 5.41 Å². The Bertz CT molecular complexity index is 953. The molecule has 30 heavy (non-hydrogen) atoms. The van der Waals surface area contributed by atoms with Gasteiger partial charge < -0.3 is 10.2 Å². The number of hydrogen-bond acceptors (Lipinski definition) is 6. The Morgan fingerprint density at radius 2 is 1.80 bits per heavy atom. The molecule has 10 heteroatoms. The number of carbonyl (C=O) groups excluding carboxylic acids is 6. The van der Waals surface area contributed by atoms with Gasteiger partial charge in [-0.25, -0.2) is 0 Å². The molecule has 1 atom stereocenters. The molecule has 156 valence electrons. The third-order valence-electron chi connectivity index (χ3n) is 5.73. The monoisotopic (exact) mass is 412 g/mol. The van der Waals surface area contributed by atoms with Crippen molar-refractivity contribution in [2.45, 2.75) is 25.3 Å². The number of piperidine rings is 1. The minimum Gasteiger partial charge on any atom is -0.343 e. The van der Waals surface area contributed by atoms with E-state index in [-0.39, 0.29) is 50.7 Å². The average Bonchev–Trinajstić information content (AvgIpc) is 2.96. The second-order valence-corrected chi connectivity index (χ2v) is 7.79. The molecule has 3 aliphatic rings. The number of likely N-dealkylation sites (tertiary alicyclic amines) is 2. The first-order valence-electron chi connectivity index (χ1n) is 9.62. The van der Waals surface area contributed by atoms with Gasteiger partial charge in [-0.1, -0.05) is 18.2 Å². The standard InChI is InChI=1S/C20H20N4O6/c25-14-7-6-13(18(29)22-14)24-15(26)8-20(19(24)30)10-23(11-20)16(27)9-21-17(28)12-4-2-1-3-5-12/h1-5,13H,6-11H2,(H,21,28)(H,22,25,29). The van der Waals surface area contributed by atoms with Gasteiger partial charge in [0.2, 0.25) is 29.5 Å². The summed E-state index contributed by atoms with van der Waals surface area (Å²) in [5.74, 6) is -2.78. The molecule has 0 saturated carbocycles. The normalized spacial score (nSPS) is 22.7. The van der Waals surface area contributed by atoms with Crippen LogP contribution in [0.5, 0.6) is 0 Å². The lowest BCUT2D eigenvalue weighted by Gasteiger charge is -2.46. The van der Waals surface area contributed by atoms with Gasteiger partial charge in [-0.2, -0.15) is 0 Å². The summed E-state index contributed by atoms with van der Waals surface area (Å²) in [5.41, 5.74) is -0.598. The van der Waals surface area contributed by atoms with E-state index < -0.39 is 35.1 Å². The summed E-state index contributed by atoms with van der Waals surface area (Å²) in [6, 6.07) is 7.48. The zero-order valence-electron chi connectivity index (χ0n) is 16.1. The lowest BCUT2D eigenvalue weighted by molar-refractivity contribution is -0.158. The van der Waals surface area contributed by atoms with Gasteiger partial charge in [0.1, 0.15) is 6.04 Å². The van der Waals surface area contributed by atoms with Gasteiger partial charge in [-0.15, -0.1) is 0 Å². The highest BCUT2D eigenvalue weighted by Gasteiger charge is 2.61. The van der Waals surface area contributed by atoms with Crippen LogP contribution >= 0.6 is 0 Å². The predicted octanol–water partition coefficient (Wildman–Crippen LogP) is -1.19. The Labute approximate surface area is 171 Å². The third kappa shape index (κ3) is 3.34. The summed E-state index contributed by atoms with van der Waals surface area (Å²) in [6.07, 6.45) is 0.0856. The van der Waals surface area contributed by atoms with Crippen LogP contribution in [-0.2, 0) is 24.0 Å². The van der Waals surface area contributed by atoms with Gasteiger partial charge in [0.05, 0.1) is 12.0 Å². The zero-order chi connectivity index (χ0) is 21.5. The summed E-state index contributed by atoms with van der Waals surface area (Å²) >= 11 is 0. The van der Waals surface area contributed by atoms with Crippen molar-refractivity contribution in [3.05, 3.63) is 35.9 Å². The lowest BCUT2D eigenvalue weighted by Crippen LogP contribution is -2.64. The molecule has 0 aliphatic carbocycles. The molecule has 1 aromatic carbocycles. The molecule has 2 N–H and O–H groups in total. The van der Waals surface area contributed by atoms with Crippen molar-refractivity contribution < 1.29 is 28.8 Å². The van der Waals surface area contributed by atoms with Gasteiger partial charge in [0.25, 0.3) is 5.91 Å². The maximum atomic E-state index is 12.9. The van der Waals surface area contributed by atoms with Crippen molar-refractivity contribution >= 4 is 35.4 Å². The van der Waals surface area contributed by atoms with Gasteiger partial charge >= 0.3 is 0 Å². The fourth-order valence-corrected chi connectivity index (χ4v) is 4.13. The molecule has 0 bridgehead atoms. The molecule has 3 heterocycles. The van der Waals surface area contributed by atoms with Crippen molar-refractivity contribution in [3.8, 4) is 0 Å². The van der Waals surface area contributed by atoms with Gasteiger partial charge in [0, 0.05) is 31.5 Å². The second kappa shape index (κ2) is 7.36. The number of imide groups is 2. The molecule has 3 aliphatic heterocycles. The first-order valence-corrected chi connectivity index (χ1v) is 9.62. The molecule has 1 aromatic rings. The van der Waals surface area contributed by atoms with Crippen molar-refractivity contribution in [1.29, 1.82) is 0 Å². The number of carbonyl (C=O) groups is 6. The van der Waals surface area contributed by atoms with Crippen LogP contribution in [0.4, 0.5) is 0 Å². The number of amides is 6. The number of nitrogens with zero attached hydrogens (tertiary/aromatic N) is 2. The molecule has 1 spiro atoms. The quantitative estimate of drug-likeness (QED) is 0.598. The Morgan fingerprint density at radius 1 is 1.10 bits per heavy atom. The molecule has 0 aromatic heterocycles. The van der Waals surface area contributed by atoms with E-state index in [1.807, 2.05) is 0 Å². The van der Waals surface area contributed by atoms with Crippen LogP contribution in [0.25, 0.3) is 0 Å². The van der Waals surface area contributed by atoms with Gasteiger partial charge in [-0.3, -0.25) is 39.0 Å². The Hall–Kier alpha value is -3.56. The number of benzene rings is 1. The first kappa shape index (κ1) is 19.7. The van der Waals surface area contributed by atoms with Crippen LogP contribution in [0.1, 0.15) is 29.6 Å². The van der Waals surface area contributed by atoms with Crippen LogP contribution in [0, 0.1) is 5.41 Å². The molecule has 4 rings (SSSR count). The summed E-state index contributed by atoms with van der Waals surface area (Å²) in [7, 11) is 0. The minimum absolute atomic E-state index is 0.0569. The summed E-state index contributed by atoms with van der Waals surface area (Å²) in [6.45, 7) is -0.106. The van der Waals surface area contributed by atoms with Crippen molar-refractivity contribution in [1.82, 2.24) is 20.4 Å². The molecule has 0 radical (unpaired) electrons. The average molecular weight is 412 g/mol. The molecular weight excluding hydrogens is 392 g/mol. The highest BCUT2D eigenvalue weighted by Crippen LogP contribution is 2.42. The third-order valence-corrected chi connectivity index (χ3v) is 5.73. The Morgan fingerprint density at radius 3 is 2.47 bits per heavy atom. The van der Waals surface area contributed by atoms with E-state index >= 15 is 0 Å². The summed E-state index contributed by atoms with van der Waals surface area (Å²) < 4.78 is 0. The van der Waals surface area contributed by atoms with Crippen molar-refractivity contribution in [3.63, 3.8) is 0 Å². The molecule has 3 saturated heterocycles. The number of hydrogen-bond donors (Lipinski definition) is 2. The molecule has 10 nitrogen and oxygen atoms in total. The van der Waals surface area contributed by atoms with Crippen LogP contribution in [0.15, 0.2) is 30.3 Å². The number of nitrogens with one attached hydrogen (secondary N) is 2. The predicted molar refractivity (Wildman–Crippen MR) is 100 cm³/mol. The molecule has 6 amide bonds. The lowest BCUT2D eigenvalue weighted by atomic mass is 9.78. The van der Waals surface area contributed by atoms with Crippen LogP contribution in [0.3, 0.4) is 0 Å². The Kier molecular flexibility index (Phi) is 4.84. The van der Waals surface area contributed by atoms with E-state index in [0.29, 0.717) is 5.56 Å². The maximum Gasteiger partial charge on any atom is 0.251 e. The highest BCUT2D eigenvalue weighted by molar-refractivity contribution is 6.12. The Balaban J connectivity index is 1.33. The van der Waals surface area contributed by atoms with E-state index in [4.69, 9.17) is 0 Å². The smallest absolute Gasteiger partial charge is 0.251 e. The first-order chi connectivity index (χ1) is 14.3. The second-order valence-electron chi connectivity index (χ2n) is 7.79. The molecular formula is C20H20N4O6. The highest BCUT2D eigenvalue weighted by atomic mass is 16.2. The molecule has 3 fully saturated rings. The van der Waals surface area contributed by atoms with Crippen LogP contribution < -0.4 is 10.6 Å². The summed E-state index contributed by atoms with van der Waals surface area (Å²) in [5, 5.41) is 4.69. The van der Waals surface area contributed by atoms with E-state index in [2.05, 4.69) is 10.6 Å². The van der Waals surface area contributed by atoms with Crippen LogP contribution in [-0.4, -0.2) is 70.9 Å². The summed E-state index contributed by atoms with van der Waals surface area (Å²) in [4.78, 5) is 75.5. The molecule has 1 unspecified atom stereocenters. The maximum absolute atomic E-state index is 12.9. The van der Waals surface area contributed by atoms with E-state index in [9.17, 15) is 28.8 Å².